The molecule has 0 aromatic heterocycles. The number of anilines is 1. The van der Waals surface area contributed by atoms with Gasteiger partial charge in [-0.25, -0.2) is 0 Å². The standard InChI is InChI=1S/C29H27NO2/c30-26-9-1-19(2-10-26)11-12-31-13-14-32-27-17-23-7-5-21-15-25(20-3-4-20)16-22-6-8-24(18-27)29(23)28(21)22/h1-2,5-10,15-18,20H,3-4,11-14,30H2. The zero-order valence-corrected chi connectivity index (χ0v) is 18.1. The quantitative estimate of drug-likeness (QED) is 0.173. The molecule has 0 unspecified atom stereocenters. The Morgan fingerprint density at radius 1 is 0.688 bits per heavy atom. The molecule has 1 saturated carbocycles. The van der Waals surface area contributed by atoms with E-state index in [-0.39, 0.29) is 0 Å². The molecule has 3 heteroatoms. The lowest BCUT2D eigenvalue weighted by Crippen LogP contribution is -2.08. The van der Waals surface area contributed by atoms with E-state index in [2.05, 4.69) is 48.5 Å². The van der Waals surface area contributed by atoms with Crippen LogP contribution in [0.1, 0.15) is 29.9 Å². The lowest BCUT2D eigenvalue weighted by Gasteiger charge is -2.14. The summed E-state index contributed by atoms with van der Waals surface area (Å²) in [4.78, 5) is 0. The zero-order chi connectivity index (χ0) is 21.5. The van der Waals surface area contributed by atoms with Crippen LogP contribution in [0.15, 0.2) is 72.8 Å². The van der Waals surface area contributed by atoms with E-state index in [1.807, 2.05) is 24.3 Å². The molecule has 2 N–H and O–H groups in total. The van der Waals surface area contributed by atoms with Crippen LogP contribution >= 0.6 is 0 Å². The maximum Gasteiger partial charge on any atom is 0.120 e. The first-order valence-corrected chi connectivity index (χ1v) is 11.5. The lowest BCUT2D eigenvalue weighted by atomic mass is 9.92. The Balaban J connectivity index is 1.14. The summed E-state index contributed by atoms with van der Waals surface area (Å²) in [6.07, 6.45) is 3.54. The molecule has 0 amide bonds. The lowest BCUT2D eigenvalue weighted by molar-refractivity contribution is 0.102. The predicted octanol–water partition coefficient (Wildman–Crippen LogP) is 6.68. The SMILES string of the molecule is Nc1ccc(CCOCCOc2cc3ccc4cc(C5CC5)cc5ccc(c2)c3c45)cc1. The maximum absolute atomic E-state index is 6.04. The third-order valence-corrected chi connectivity index (χ3v) is 6.59. The van der Waals surface area contributed by atoms with Crippen LogP contribution in [0.25, 0.3) is 32.3 Å². The van der Waals surface area contributed by atoms with E-state index in [1.54, 1.807) is 0 Å². The third kappa shape index (κ3) is 3.74. The number of rotatable bonds is 8. The molecule has 0 radical (unpaired) electrons. The molecule has 0 spiro atoms. The number of benzene rings is 5. The highest BCUT2D eigenvalue weighted by molar-refractivity contribution is 6.23. The smallest absolute Gasteiger partial charge is 0.120 e. The van der Waals surface area contributed by atoms with E-state index in [0.717, 1.165) is 23.8 Å². The summed E-state index contributed by atoms with van der Waals surface area (Å²) < 4.78 is 11.8. The molecule has 1 aliphatic rings. The van der Waals surface area contributed by atoms with Gasteiger partial charge in [0.1, 0.15) is 12.4 Å². The van der Waals surface area contributed by atoms with Gasteiger partial charge in [0.05, 0.1) is 13.2 Å². The fraction of sp³-hybridized carbons (Fsp3) is 0.241. The molecule has 3 nitrogen and oxygen atoms in total. The van der Waals surface area contributed by atoms with Gasteiger partial charge in [-0.15, -0.1) is 0 Å². The number of nitrogens with two attached hydrogens (primary N) is 1. The van der Waals surface area contributed by atoms with Crippen LogP contribution in [-0.4, -0.2) is 19.8 Å². The van der Waals surface area contributed by atoms with Crippen LogP contribution in [0, 0.1) is 0 Å². The van der Waals surface area contributed by atoms with Crippen molar-refractivity contribution in [3.8, 4) is 5.75 Å². The van der Waals surface area contributed by atoms with Crippen LogP contribution < -0.4 is 10.5 Å². The number of ether oxygens (including phenoxy) is 2. The molecular formula is C29H27NO2. The molecule has 5 aromatic rings. The summed E-state index contributed by atoms with van der Waals surface area (Å²) in [6.45, 7) is 1.79. The van der Waals surface area contributed by atoms with Crippen molar-refractivity contribution in [1.29, 1.82) is 0 Å². The molecule has 6 rings (SSSR count). The van der Waals surface area contributed by atoms with Crippen molar-refractivity contribution >= 4 is 38.0 Å². The summed E-state index contributed by atoms with van der Waals surface area (Å²) in [6, 6.07) is 26.0. The highest BCUT2D eigenvalue weighted by Crippen LogP contribution is 2.44. The average Bonchev–Trinajstić information content (AvgIpc) is 3.66. The number of hydrogen-bond donors (Lipinski definition) is 1. The Hall–Kier alpha value is -3.30. The molecule has 1 fully saturated rings. The Morgan fingerprint density at radius 3 is 1.88 bits per heavy atom. The number of hydrogen-bond acceptors (Lipinski definition) is 3. The summed E-state index contributed by atoms with van der Waals surface area (Å²) in [5.74, 6) is 1.67. The van der Waals surface area contributed by atoms with Crippen molar-refractivity contribution in [3.63, 3.8) is 0 Å². The van der Waals surface area contributed by atoms with E-state index >= 15 is 0 Å². The summed E-state index contributed by atoms with van der Waals surface area (Å²) in [7, 11) is 0. The highest BCUT2D eigenvalue weighted by Gasteiger charge is 2.24. The Morgan fingerprint density at radius 2 is 1.28 bits per heavy atom. The van der Waals surface area contributed by atoms with Gasteiger partial charge in [-0.05, 0) is 92.9 Å². The minimum atomic E-state index is 0.542. The van der Waals surface area contributed by atoms with Crippen LogP contribution in [-0.2, 0) is 11.2 Å². The average molecular weight is 422 g/mol. The molecule has 0 bridgehead atoms. The topological polar surface area (TPSA) is 44.5 Å². The van der Waals surface area contributed by atoms with Gasteiger partial charge in [0, 0.05) is 5.69 Å². The van der Waals surface area contributed by atoms with Crippen molar-refractivity contribution in [1.82, 2.24) is 0 Å². The Labute approximate surface area is 188 Å². The van der Waals surface area contributed by atoms with Crippen LogP contribution in [0.4, 0.5) is 5.69 Å². The second kappa shape index (κ2) is 7.99. The maximum atomic E-state index is 6.04. The molecule has 32 heavy (non-hydrogen) atoms. The monoisotopic (exact) mass is 421 g/mol. The van der Waals surface area contributed by atoms with Gasteiger partial charge >= 0.3 is 0 Å². The van der Waals surface area contributed by atoms with E-state index in [9.17, 15) is 0 Å². The molecule has 0 atom stereocenters. The second-order valence-electron chi connectivity index (χ2n) is 8.94. The predicted molar refractivity (Wildman–Crippen MR) is 133 cm³/mol. The van der Waals surface area contributed by atoms with Gasteiger partial charge in [-0.2, -0.15) is 0 Å². The molecule has 1 aliphatic carbocycles. The Bertz CT molecular complexity index is 1320. The summed E-state index contributed by atoms with van der Waals surface area (Å²) in [5.41, 5.74) is 9.25. The fourth-order valence-electron chi connectivity index (χ4n) is 4.76. The van der Waals surface area contributed by atoms with Gasteiger partial charge in [0.25, 0.3) is 0 Å². The first kappa shape index (κ1) is 19.4. The molecule has 5 aromatic carbocycles. The van der Waals surface area contributed by atoms with Gasteiger partial charge in [-0.3, -0.25) is 0 Å². The number of nitrogen functional groups attached to an aromatic ring is 1. The van der Waals surface area contributed by atoms with E-state index in [0.29, 0.717) is 19.8 Å². The van der Waals surface area contributed by atoms with Crippen LogP contribution in [0.2, 0.25) is 0 Å². The fourth-order valence-corrected chi connectivity index (χ4v) is 4.76. The van der Waals surface area contributed by atoms with E-state index in [4.69, 9.17) is 15.2 Å². The van der Waals surface area contributed by atoms with Gasteiger partial charge in [-0.1, -0.05) is 48.5 Å². The molecule has 0 saturated heterocycles. The first-order chi connectivity index (χ1) is 15.7. The van der Waals surface area contributed by atoms with E-state index in [1.165, 1.54) is 56.3 Å². The van der Waals surface area contributed by atoms with Crippen molar-refractivity contribution in [2.24, 2.45) is 0 Å². The van der Waals surface area contributed by atoms with Gasteiger partial charge < -0.3 is 15.2 Å². The molecule has 160 valence electrons. The second-order valence-corrected chi connectivity index (χ2v) is 8.94. The summed E-state index contributed by atoms with van der Waals surface area (Å²) in [5, 5.41) is 7.89. The van der Waals surface area contributed by atoms with Crippen molar-refractivity contribution in [3.05, 3.63) is 83.9 Å². The van der Waals surface area contributed by atoms with Crippen molar-refractivity contribution in [2.75, 3.05) is 25.6 Å². The highest BCUT2D eigenvalue weighted by atomic mass is 16.5. The van der Waals surface area contributed by atoms with Crippen LogP contribution in [0.3, 0.4) is 0 Å². The van der Waals surface area contributed by atoms with Crippen molar-refractivity contribution in [2.45, 2.75) is 25.2 Å². The Kier molecular flexibility index (Phi) is 4.84. The molecule has 0 aliphatic heterocycles. The molecule has 0 heterocycles. The summed E-state index contributed by atoms with van der Waals surface area (Å²) >= 11 is 0. The third-order valence-electron chi connectivity index (χ3n) is 6.59. The van der Waals surface area contributed by atoms with Crippen molar-refractivity contribution < 1.29 is 9.47 Å². The largest absolute Gasteiger partial charge is 0.491 e. The minimum absolute atomic E-state index is 0.542. The van der Waals surface area contributed by atoms with Gasteiger partial charge in [0.15, 0.2) is 0 Å². The normalized spacial score (nSPS) is 14.0. The van der Waals surface area contributed by atoms with Crippen LogP contribution in [0.5, 0.6) is 5.75 Å². The van der Waals surface area contributed by atoms with Gasteiger partial charge in [0.2, 0.25) is 0 Å². The minimum Gasteiger partial charge on any atom is -0.491 e. The van der Waals surface area contributed by atoms with E-state index < -0.39 is 0 Å². The first-order valence-electron chi connectivity index (χ1n) is 11.5. The zero-order valence-electron chi connectivity index (χ0n) is 18.1. The molecular weight excluding hydrogens is 394 g/mol.